The number of likely N-dealkylation sites (tertiary alicyclic amines) is 1. The second-order valence-electron chi connectivity index (χ2n) is 5.39. The first-order valence-corrected chi connectivity index (χ1v) is 6.90. The van der Waals surface area contributed by atoms with Gasteiger partial charge < -0.3 is 9.64 Å². The molecule has 0 aromatic carbocycles. The molecular formula is C14H22N4O2. The quantitative estimate of drug-likeness (QED) is 0.823. The summed E-state index contributed by atoms with van der Waals surface area (Å²) < 4.78 is 5.01. The zero-order valence-electron chi connectivity index (χ0n) is 12.5. The van der Waals surface area contributed by atoms with Crippen molar-refractivity contribution in [3.8, 4) is 5.88 Å². The minimum Gasteiger partial charge on any atom is -0.480 e. The summed E-state index contributed by atoms with van der Waals surface area (Å²) in [6.07, 6.45) is 3.97. The van der Waals surface area contributed by atoms with E-state index in [4.69, 9.17) is 4.74 Å². The van der Waals surface area contributed by atoms with Gasteiger partial charge in [-0.3, -0.25) is 14.7 Å². The Kier molecular flexibility index (Phi) is 4.54. The Morgan fingerprint density at radius 2 is 2.25 bits per heavy atom. The van der Waals surface area contributed by atoms with E-state index in [0.29, 0.717) is 17.6 Å². The van der Waals surface area contributed by atoms with E-state index in [1.807, 2.05) is 7.05 Å². The van der Waals surface area contributed by atoms with E-state index < -0.39 is 0 Å². The summed E-state index contributed by atoms with van der Waals surface area (Å²) in [6.45, 7) is 6.30. The van der Waals surface area contributed by atoms with Gasteiger partial charge in [0.25, 0.3) is 5.91 Å². The third-order valence-electron chi connectivity index (χ3n) is 3.83. The molecule has 0 aliphatic carbocycles. The van der Waals surface area contributed by atoms with Crippen LogP contribution in [0.2, 0.25) is 0 Å². The smallest absolute Gasteiger partial charge is 0.274 e. The molecule has 110 valence electrons. The number of nitrogens with zero attached hydrogens (tertiary/aromatic N) is 4. The van der Waals surface area contributed by atoms with Crippen LogP contribution >= 0.6 is 0 Å². The predicted octanol–water partition coefficient (Wildman–Crippen LogP) is 1.04. The van der Waals surface area contributed by atoms with Crippen molar-refractivity contribution in [2.45, 2.75) is 32.4 Å². The van der Waals surface area contributed by atoms with Gasteiger partial charge in [0, 0.05) is 32.2 Å². The van der Waals surface area contributed by atoms with Crippen LogP contribution in [0.3, 0.4) is 0 Å². The standard InChI is InChI=1S/C14H22N4O2/c1-10(2)18-6-5-11(9-18)17(3)14(19)12-7-15-8-13(16-12)20-4/h7-8,10-11H,5-6,9H2,1-4H3. The number of ether oxygens (including phenoxy) is 1. The molecule has 0 radical (unpaired) electrons. The summed E-state index contributed by atoms with van der Waals surface area (Å²) in [5.41, 5.74) is 0.329. The van der Waals surface area contributed by atoms with E-state index in [1.165, 1.54) is 19.5 Å². The largest absolute Gasteiger partial charge is 0.480 e. The van der Waals surface area contributed by atoms with Gasteiger partial charge >= 0.3 is 0 Å². The summed E-state index contributed by atoms with van der Waals surface area (Å²) in [4.78, 5) is 24.7. The van der Waals surface area contributed by atoms with Crippen LogP contribution < -0.4 is 4.74 Å². The number of hydrogen-bond donors (Lipinski definition) is 0. The van der Waals surface area contributed by atoms with Crippen molar-refractivity contribution in [1.82, 2.24) is 19.8 Å². The summed E-state index contributed by atoms with van der Waals surface area (Å²) in [5.74, 6) is 0.256. The normalized spacial score (nSPS) is 19.4. The fourth-order valence-electron chi connectivity index (χ4n) is 2.45. The van der Waals surface area contributed by atoms with Gasteiger partial charge in [0.15, 0.2) is 5.69 Å². The SMILES string of the molecule is COc1cncc(C(=O)N(C)C2CCN(C(C)C)C2)n1. The van der Waals surface area contributed by atoms with Crippen molar-refractivity contribution in [3.63, 3.8) is 0 Å². The molecule has 1 atom stereocenters. The molecule has 1 saturated heterocycles. The lowest BCUT2D eigenvalue weighted by Gasteiger charge is -2.26. The molecule has 1 amide bonds. The van der Waals surface area contributed by atoms with Crippen LogP contribution in [0.15, 0.2) is 12.4 Å². The summed E-state index contributed by atoms with van der Waals surface area (Å²) >= 11 is 0. The Balaban J connectivity index is 2.05. The third kappa shape index (κ3) is 3.07. The van der Waals surface area contributed by atoms with Crippen molar-refractivity contribution in [3.05, 3.63) is 18.1 Å². The minimum absolute atomic E-state index is 0.105. The van der Waals surface area contributed by atoms with Gasteiger partial charge in [0.05, 0.1) is 19.5 Å². The molecule has 6 nitrogen and oxygen atoms in total. The minimum atomic E-state index is -0.105. The van der Waals surface area contributed by atoms with Crippen LogP contribution in [0.4, 0.5) is 0 Å². The molecule has 0 N–H and O–H groups in total. The Hall–Kier alpha value is -1.69. The highest BCUT2D eigenvalue weighted by molar-refractivity contribution is 5.92. The highest BCUT2D eigenvalue weighted by Crippen LogP contribution is 2.18. The van der Waals surface area contributed by atoms with E-state index in [1.54, 1.807) is 4.90 Å². The van der Waals surface area contributed by atoms with Crippen LogP contribution in [-0.4, -0.2) is 65.0 Å². The zero-order valence-corrected chi connectivity index (χ0v) is 12.5. The van der Waals surface area contributed by atoms with Crippen LogP contribution in [0.25, 0.3) is 0 Å². The monoisotopic (exact) mass is 278 g/mol. The molecular weight excluding hydrogens is 256 g/mol. The third-order valence-corrected chi connectivity index (χ3v) is 3.83. The molecule has 1 fully saturated rings. The fourth-order valence-corrected chi connectivity index (χ4v) is 2.45. The first-order chi connectivity index (χ1) is 9.52. The maximum absolute atomic E-state index is 12.4. The lowest BCUT2D eigenvalue weighted by molar-refractivity contribution is 0.0724. The number of rotatable bonds is 4. The molecule has 2 rings (SSSR count). The number of hydrogen-bond acceptors (Lipinski definition) is 5. The Labute approximate surface area is 119 Å². The fraction of sp³-hybridized carbons (Fsp3) is 0.643. The van der Waals surface area contributed by atoms with Gasteiger partial charge in [-0.1, -0.05) is 0 Å². The Morgan fingerprint density at radius 1 is 1.50 bits per heavy atom. The molecule has 1 aromatic heterocycles. The van der Waals surface area contributed by atoms with Crippen molar-refractivity contribution in [2.24, 2.45) is 0 Å². The van der Waals surface area contributed by atoms with Crippen molar-refractivity contribution in [2.75, 3.05) is 27.2 Å². The van der Waals surface area contributed by atoms with Crippen LogP contribution in [0, 0.1) is 0 Å². The molecule has 1 aromatic rings. The Morgan fingerprint density at radius 3 is 2.85 bits per heavy atom. The lowest BCUT2D eigenvalue weighted by Crippen LogP contribution is -2.40. The van der Waals surface area contributed by atoms with Gasteiger partial charge in [-0.15, -0.1) is 0 Å². The van der Waals surface area contributed by atoms with Gasteiger partial charge in [-0.25, -0.2) is 4.98 Å². The summed E-state index contributed by atoms with van der Waals surface area (Å²) in [5, 5.41) is 0. The van der Waals surface area contributed by atoms with Gasteiger partial charge in [0.1, 0.15) is 0 Å². The first-order valence-electron chi connectivity index (χ1n) is 6.90. The van der Waals surface area contributed by atoms with E-state index in [0.717, 1.165) is 19.5 Å². The maximum Gasteiger partial charge on any atom is 0.274 e. The summed E-state index contributed by atoms with van der Waals surface area (Å²) in [7, 11) is 3.34. The molecule has 0 bridgehead atoms. The van der Waals surface area contributed by atoms with Gasteiger partial charge in [-0.2, -0.15) is 0 Å². The predicted molar refractivity (Wildman–Crippen MR) is 75.8 cm³/mol. The first kappa shape index (κ1) is 14.7. The number of amides is 1. The highest BCUT2D eigenvalue weighted by atomic mass is 16.5. The molecule has 1 aliphatic heterocycles. The molecule has 1 unspecified atom stereocenters. The van der Waals surface area contributed by atoms with Crippen LogP contribution in [0.5, 0.6) is 5.88 Å². The van der Waals surface area contributed by atoms with Crippen LogP contribution in [0.1, 0.15) is 30.8 Å². The average molecular weight is 278 g/mol. The lowest BCUT2D eigenvalue weighted by atomic mass is 10.2. The Bertz CT molecular complexity index is 478. The van der Waals surface area contributed by atoms with Gasteiger partial charge in [0.2, 0.25) is 5.88 Å². The van der Waals surface area contributed by atoms with Crippen molar-refractivity contribution in [1.29, 1.82) is 0 Å². The molecule has 0 spiro atoms. The molecule has 6 heteroatoms. The highest BCUT2D eigenvalue weighted by Gasteiger charge is 2.30. The number of aromatic nitrogens is 2. The molecule has 2 heterocycles. The number of likely N-dealkylation sites (N-methyl/N-ethyl adjacent to an activating group) is 1. The number of methoxy groups -OCH3 is 1. The molecule has 1 aliphatic rings. The average Bonchev–Trinajstić information content (AvgIpc) is 2.95. The van der Waals surface area contributed by atoms with E-state index >= 15 is 0 Å². The topological polar surface area (TPSA) is 58.6 Å². The molecule has 20 heavy (non-hydrogen) atoms. The van der Waals surface area contributed by atoms with E-state index in [9.17, 15) is 4.79 Å². The zero-order chi connectivity index (χ0) is 14.7. The van der Waals surface area contributed by atoms with E-state index in [-0.39, 0.29) is 11.9 Å². The summed E-state index contributed by atoms with van der Waals surface area (Å²) in [6, 6.07) is 0.748. The number of carbonyl (C=O) groups excluding carboxylic acids is 1. The van der Waals surface area contributed by atoms with Crippen molar-refractivity contribution >= 4 is 5.91 Å². The van der Waals surface area contributed by atoms with Crippen molar-refractivity contribution < 1.29 is 9.53 Å². The maximum atomic E-state index is 12.4. The van der Waals surface area contributed by atoms with Gasteiger partial charge in [-0.05, 0) is 20.3 Å². The van der Waals surface area contributed by atoms with Crippen LogP contribution in [-0.2, 0) is 0 Å². The molecule has 0 saturated carbocycles. The van der Waals surface area contributed by atoms with E-state index in [2.05, 4.69) is 28.7 Å². The second-order valence-corrected chi connectivity index (χ2v) is 5.39. The number of carbonyl (C=O) groups is 1. The second kappa shape index (κ2) is 6.17.